The number of allylic oxidation sites excluding steroid dienone is 1. The van der Waals surface area contributed by atoms with Gasteiger partial charge in [-0.25, -0.2) is 0 Å². The van der Waals surface area contributed by atoms with Gasteiger partial charge in [-0.2, -0.15) is 5.26 Å². The number of ketones is 2. The minimum Gasteiger partial charge on any atom is -0.298 e. The summed E-state index contributed by atoms with van der Waals surface area (Å²) < 4.78 is 0. The third kappa shape index (κ3) is 2.47. The molecule has 118 valence electrons. The lowest BCUT2D eigenvalue weighted by atomic mass is 9.70. The maximum absolute atomic E-state index is 12.7. The minimum absolute atomic E-state index is 0.135. The van der Waals surface area contributed by atoms with E-state index < -0.39 is 11.3 Å². The molecule has 2 unspecified atom stereocenters. The molecular formula is C21H17NO2. The van der Waals surface area contributed by atoms with Gasteiger partial charge in [0.1, 0.15) is 0 Å². The fourth-order valence-electron chi connectivity index (χ4n) is 3.47. The highest BCUT2D eigenvalue weighted by Crippen LogP contribution is 2.52. The number of hydrogen-bond donors (Lipinski definition) is 0. The van der Waals surface area contributed by atoms with E-state index in [1.807, 2.05) is 60.7 Å². The van der Waals surface area contributed by atoms with Gasteiger partial charge in [-0.05, 0) is 24.1 Å². The van der Waals surface area contributed by atoms with Crippen LogP contribution < -0.4 is 0 Å². The zero-order valence-corrected chi connectivity index (χ0v) is 13.4. The normalized spacial score (nSPS) is 24.8. The van der Waals surface area contributed by atoms with E-state index in [0.29, 0.717) is 5.57 Å². The largest absolute Gasteiger partial charge is 0.298 e. The summed E-state index contributed by atoms with van der Waals surface area (Å²) in [5.74, 6) is -0.861. The molecule has 1 fully saturated rings. The van der Waals surface area contributed by atoms with Crippen molar-refractivity contribution in [3.8, 4) is 6.07 Å². The van der Waals surface area contributed by atoms with Gasteiger partial charge in [0.05, 0.1) is 6.07 Å². The summed E-state index contributed by atoms with van der Waals surface area (Å²) in [7, 11) is 0. The van der Waals surface area contributed by atoms with Crippen LogP contribution >= 0.6 is 0 Å². The molecule has 0 bridgehead atoms. The van der Waals surface area contributed by atoms with Crippen molar-refractivity contribution >= 4 is 17.6 Å². The van der Waals surface area contributed by atoms with Crippen LogP contribution in [0.4, 0.5) is 0 Å². The topological polar surface area (TPSA) is 57.9 Å². The monoisotopic (exact) mass is 315 g/mol. The fourth-order valence-corrected chi connectivity index (χ4v) is 3.47. The van der Waals surface area contributed by atoms with Crippen LogP contribution in [-0.4, -0.2) is 11.6 Å². The number of carbonyl (C=O) groups excluding carboxylic acids is 2. The molecule has 1 saturated carbocycles. The summed E-state index contributed by atoms with van der Waals surface area (Å²) in [4.78, 5) is 25.2. The van der Waals surface area contributed by atoms with Crippen molar-refractivity contribution in [1.29, 1.82) is 5.26 Å². The first-order valence-corrected chi connectivity index (χ1v) is 7.87. The van der Waals surface area contributed by atoms with Gasteiger partial charge in [-0.15, -0.1) is 0 Å². The molecule has 0 heterocycles. The highest BCUT2D eigenvalue weighted by molar-refractivity contribution is 6.13. The first-order chi connectivity index (χ1) is 11.6. The second-order valence-corrected chi connectivity index (χ2v) is 6.04. The van der Waals surface area contributed by atoms with E-state index in [4.69, 9.17) is 0 Å². The Morgan fingerprint density at radius 2 is 1.71 bits per heavy atom. The number of nitrogens with zero attached hydrogens (tertiary/aromatic N) is 1. The van der Waals surface area contributed by atoms with Crippen molar-refractivity contribution < 1.29 is 9.59 Å². The molecule has 0 spiro atoms. The summed E-state index contributed by atoms with van der Waals surface area (Å²) in [6.07, 6.45) is 1.87. The van der Waals surface area contributed by atoms with E-state index in [-0.39, 0.29) is 18.0 Å². The van der Waals surface area contributed by atoms with Crippen LogP contribution in [0.1, 0.15) is 30.4 Å². The van der Waals surface area contributed by atoms with Crippen molar-refractivity contribution in [2.45, 2.75) is 19.3 Å². The van der Waals surface area contributed by atoms with Gasteiger partial charge in [0.2, 0.25) is 0 Å². The van der Waals surface area contributed by atoms with Crippen LogP contribution in [0.25, 0.3) is 6.08 Å². The number of carbonyl (C=O) groups is 2. The third-order valence-corrected chi connectivity index (χ3v) is 4.68. The van der Waals surface area contributed by atoms with Gasteiger partial charge in [0.25, 0.3) is 0 Å². The van der Waals surface area contributed by atoms with Crippen molar-refractivity contribution in [2.75, 3.05) is 0 Å². The minimum atomic E-state index is -1.42. The van der Waals surface area contributed by atoms with Crippen LogP contribution in [0.5, 0.6) is 0 Å². The number of nitriles is 1. The summed E-state index contributed by atoms with van der Waals surface area (Å²) in [5.41, 5.74) is 0.543. The third-order valence-electron chi connectivity index (χ3n) is 4.68. The Morgan fingerprint density at radius 1 is 1.12 bits per heavy atom. The average molecular weight is 315 g/mol. The molecule has 0 saturated heterocycles. The zero-order valence-electron chi connectivity index (χ0n) is 13.4. The van der Waals surface area contributed by atoms with Crippen molar-refractivity contribution in [3.63, 3.8) is 0 Å². The lowest BCUT2D eigenvalue weighted by molar-refractivity contribution is -0.123. The molecule has 2 atom stereocenters. The quantitative estimate of drug-likeness (QED) is 0.806. The molecule has 0 radical (unpaired) electrons. The van der Waals surface area contributed by atoms with Crippen LogP contribution in [0.3, 0.4) is 0 Å². The molecule has 3 nitrogen and oxygen atoms in total. The van der Waals surface area contributed by atoms with Gasteiger partial charge in [-0.3, -0.25) is 9.59 Å². The summed E-state index contributed by atoms with van der Waals surface area (Å²) >= 11 is 0. The van der Waals surface area contributed by atoms with Crippen LogP contribution in [-0.2, 0) is 9.59 Å². The SMILES string of the molecule is CC(=O)C1(C#N)/C(=C/c2ccccc2)C(=O)CC1c1ccccc1. The van der Waals surface area contributed by atoms with E-state index in [1.54, 1.807) is 6.08 Å². The molecule has 1 aliphatic carbocycles. The van der Waals surface area contributed by atoms with Gasteiger partial charge in [-0.1, -0.05) is 60.7 Å². The van der Waals surface area contributed by atoms with E-state index in [0.717, 1.165) is 11.1 Å². The maximum atomic E-state index is 12.7. The molecule has 2 aromatic rings. The average Bonchev–Trinajstić information content (AvgIpc) is 2.90. The first kappa shape index (κ1) is 15.9. The Hall–Kier alpha value is -2.99. The molecule has 2 aromatic carbocycles. The second kappa shape index (κ2) is 6.25. The lowest BCUT2D eigenvalue weighted by Gasteiger charge is -2.26. The molecule has 0 amide bonds. The van der Waals surface area contributed by atoms with Crippen molar-refractivity contribution in [2.24, 2.45) is 5.41 Å². The molecule has 0 aliphatic heterocycles. The maximum Gasteiger partial charge on any atom is 0.161 e. The smallest absolute Gasteiger partial charge is 0.161 e. The van der Waals surface area contributed by atoms with E-state index in [9.17, 15) is 14.9 Å². The molecule has 3 heteroatoms. The molecule has 3 rings (SSSR count). The number of hydrogen-bond acceptors (Lipinski definition) is 3. The van der Waals surface area contributed by atoms with Gasteiger partial charge >= 0.3 is 0 Å². The van der Waals surface area contributed by atoms with Gasteiger partial charge in [0, 0.05) is 17.9 Å². The molecule has 1 aliphatic rings. The molecule has 0 N–H and O–H groups in total. The molecular weight excluding hydrogens is 298 g/mol. The van der Waals surface area contributed by atoms with E-state index in [2.05, 4.69) is 6.07 Å². The highest BCUT2D eigenvalue weighted by atomic mass is 16.1. The lowest BCUT2D eigenvalue weighted by Crippen LogP contribution is -2.32. The standard InChI is InChI=1S/C21H17NO2/c1-15(23)21(14-22)18(17-10-6-3-7-11-17)13-20(24)19(21)12-16-8-4-2-5-9-16/h2-12,18H,13H2,1H3/b19-12+. The molecule has 24 heavy (non-hydrogen) atoms. The number of rotatable bonds is 3. The Kier molecular flexibility index (Phi) is 4.14. The van der Waals surface area contributed by atoms with E-state index >= 15 is 0 Å². The van der Waals surface area contributed by atoms with E-state index in [1.165, 1.54) is 6.92 Å². The van der Waals surface area contributed by atoms with Crippen LogP contribution in [0.2, 0.25) is 0 Å². The summed E-state index contributed by atoms with van der Waals surface area (Å²) in [5, 5.41) is 9.92. The Morgan fingerprint density at radius 3 is 2.25 bits per heavy atom. The summed E-state index contributed by atoms with van der Waals surface area (Å²) in [6, 6.07) is 20.9. The Labute approximate surface area is 141 Å². The van der Waals surface area contributed by atoms with Gasteiger partial charge < -0.3 is 0 Å². The summed E-state index contributed by atoms with van der Waals surface area (Å²) in [6.45, 7) is 1.40. The second-order valence-electron chi connectivity index (χ2n) is 6.04. The highest BCUT2D eigenvalue weighted by Gasteiger charge is 2.55. The fraction of sp³-hybridized carbons (Fsp3) is 0.190. The Balaban J connectivity index is 2.19. The Bertz CT molecular complexity index is 846. The number of benzene rings is 2. The van der Waals surface area contributed by atoms with Crippen LogP contribution in [0, 0.1) is 16.7 Å². The predicted octanol–water partition coefficient (Wildman–Crippen LogP) is 3.93. The van der Waals surface area contributed by atoms with Crippen molar-refractivity contribution in [3.05, 3.63) is 77.4 Å². The van der Waals surface area contributed by atoms with Crippen LogP contribution in [0.15, 0.2) is 66.2 Å². The van der Waals surface area contributed by atoms with Crippen molar-refractivity contribution in [1.82, 2.24) is 0 Å². The predicted molar refractivity (Wildman–Crippen MR) is 92.0 cm³/mol. The zero-order chi connectivity index (χ0) is 17.2. The number of Topliss-reactive ketones (excluding diaryl/α,β-unsaturated/α-hetero) is 2. The van der Waals surface area contributed by atoms with Gasteiger partial charge in [0.15, 0.2) is 17.0 Å². The first-order valence-electron chi connectivity index (χ1n) is 7.87. The molecule has 0 aromatic heterocycles.